The molecule has 0 aromatic heterocycles. The van der Waals surface area contributed by atoms with Crippen LogP contribution in [0.15, 0.2) is 35.3 Å². The van der Waals surface area contributed by atoms with E-state index in [2.05, 4.69) is 27.6 Å². The summed E-state index contributed by atoms with van der Waals surface area (Å²) in [6.45, 7) is 1.79. The SMILES string of the molecule is C[C@@]1(CI)N=C(c2ccccc2)OC1=O. The lowest BCUT2D eigenvalue weighted by atomic mass is 10.1. The molecule has 78 valence electrons. The van der Waals surface area contributed by atoms with E-state index in [1.807, 2.05) is 30.3 Å². The maximum atomic E-state index is 11.6. The fraction of sp³-hybridized carbons (Fsp3) is 0.273. The first-order valence-electron chi connectivity index (χ1n) is 4.59. The molecule has 1 atom stereocenters. The number of esters is 1. The van der Waals surface area contributed by atoms with E-state index in [9.17, 15) is 4.79 Å². The van der Waals surface area contributed by atoms with Gasteiger partial charge >= 0.3 is 5.97 Å². The van der Waals surface area contributed by atoms with Crippen molar-refractivity contribution in [2.45, 2.75) is 12.5 Å². The Morgan fingerprint density at radius 2 is 2.07 bits per heavy atom. The van der Waals surface area contributed by atoms with Gasteiger partial charge in [0.15, 0.2) is 5.54 Å². The number of nitrogens with zero attached hydrogens (tertiary/aromatic N) is 1. The van der Waals surface area contributed by atoms with Gasteiger partial charge in [0.2, 0.25) is 5.90 Å². The van der Waals surface area contributed by atoms with Crippen LogP contribution in [0, 0.1) is 0 Å². The van der Waals surface area contributed by atoms with Crippen LogP contribution < -0.4 is 0 Å². The number of alkyl halides is 1. The minimum Gasteiger partial charge on any atom is -0.405 e. The number of cyclic esters (lactones) is 1. The van der Waals surface area contributed by atoms with Crippen molar-refractivity contribution >= 4 is 34.5 Å². The van der Waals surface area contributed by atoms with Crippen LogP contribution in [-0.2, 0) is 9.53 Å². The van der Waals surface area contributed by atoms with Crippen molar-refractivity contribution in [1.29, 1.82) is 0 Å². The maximum Gasteiger partial charge on any atom is 0.341 e. The van der Waals surface area contributed by atoms with Crippen LogP contribution >= 0.6 is 22.6 Å². The molecule has 1 heterocycles. The Labute approximate surface area is 102 Å². The molecule has 0 unspecified atom stereocenters. The molecule has 0 saturated carbocycles. The fourth-order valence-electron chi connectivity index (χ4n) is 1.28. The Balaban J connectivity index is 2.35. The lowest BCUT2D eigenvalue weighted by Crippen LogP contribution is -2.31. The van der Waals surface area contributed by atoms with Crippen molar-refractivity contribution in [3.05, 3.63) is 35.9 Å². The van der Waals surface area contributed by atoms with Crippen molar-refractivity contribution in [1.82, 2.24) is 0 Å². The molecule has 3 nitrogen and oxygen atoms in total. The molecule has 0 amide bonds. The zero-order valence-electron chi connectivity index (χ0n) is 8.24. The molecule has 1 aromatic rings. The first-order valence-corrected chi connectivity index (χ1v) is 6.12. The van der Waals surface area contributed by atoms with E-state index in [1.54, 1.807) is 6.92 Å². The highest BCUT2D eigenvalue weighted by molar-refractivity contribution is 14.1. The van der Waals surface area contributed by atoms with E-state index in [0.29, 0.717) is 10.3 Å². The van der Waals surface area contributed by atoms with Crippen LogP contribution in [0.5, 0.6) is 0 Å². The standard InChI is InChI=1S/C11H10INO2/c1-11(7-12)10(14)15-9(13-11)8-5-3-2-4-6-8/h2-6H,7H2,1H3/t11-/m0/s1. The van der Waals surface area contributed by atoms with Crippen LogP contribution in [0.1, 0.15) is 12.5 Å². The Kier molecular flexibility index (Phi) is 2.77. The Bertz CT molecular complexity index is 416. The second-order valence-electron chi connectivity index (χ2n) is 3.58. The minimum atomic E-state index is -0.717. The van der Waals surface area contributed by atoms with Gasteiger partial charge in [-0.15, -0.1) is 0 Å². The molecule has 1 aliphatic heterocycles. The number of benzene rings is 1. The second-order valence-corrected chi connectivity index (χ2v) is 4.34. The summed E-state index contributed by atoms with van der Waals surface area (Å²) in [5.74, 6) is 0.163. The van der Waals surface area contributed by atoms with Gasteiger partial charge in [0, 0.05) is 9.99 Å². The van der Waals surface area contributed by atoms with Crippen LogP contribution in [0.25, 0.3) is 0 Å². The molecule has 1 aliphatic rings. The van der Waals surface area contributed by atoms with Crippen molar-refractivity contribution in [2.24, 2.45) is 4.99 Å². The number of carbonyl (C=O) groups is 1. The van der Waals surface area contributed by atoms with E-state index < -0.39 is 5.54 Å². The number of hydrogen-bond acceptors (Lipinski definition) is 3. The highest BCUT2D eigenvalue weighted by Gasteiger charge is 2.40. The lowest BCUT2D eigenvalue weighted by molar-refractivity contribution is -0.137. The summed E-state index contributed by atoms with van der Waals surface area (Å²) in [5.41, 5.74) is 0.130. The maximum absolute atomic E-state index is 11.6. The Morgan fingerprint density at radius 1 is 1.40 bits per heavy atom. The number of halogens is 1. The van der Waals surface area contributed by atoms with Gasteiger partial charge in [0.05, 0.1) is 0 Å². The number of hydrogen-bond donors (Lipinski definition) is 0. The zero-order valence-corrected chi connectivity index (χ0v) is 10.4. The van der Waals surface area contributed by atoms with Crippen molar-refractivity contribution < 1.29 is 9.53 Å². The molecule has 0 radical (unpaired) electrons. The molecule has 2 rings (SSSR count). The van der Waals surface area contributed by atoms with Crippen molar-refractivity contribution in [3.8, 4) is 0 Å². The zero-order chi connectivity index (χ0) is 10.9. The largest absolute Gasteiger partial charge is 0.405 e. The van der Waals surface area contributed by atoms with Crippen molar-refractivity contribution in [3.63, 3.8) is 0 Å². The summed E-state index contributed by atoms with van der Waals surface area (Å²) in [7, 11) is 0. The van der Waals surface area contributed by atoms with Gasteiger partial charge < -0.3 is 4.74 Å². The second kappa shape index (κ2) is 3.92. The smallest absolute Gasteiger partial charge is 0.341 e. The number of aliphatic imine (C=N–C) groups is 1. The predicted octanol–water partition coefficient (Wildman–Crippen LogP) is 2.18. The molecule has 0 bridgehead atoms. The monoisotopic (exact) mass is 315 g/mol. The van der Waals surface area contributed by atoms with Crippen LogP contribution in [0.4, 0.5) is 0 Å². The molecular weight excluding hydrogens is 305 g/mol. The van der Waals surface area contributed by atoms with Gasteiger partial charge in [-0.1, -0.05) is 40.8 Å². The average molecular weight is 315 g/mol. The number of ether oxygens (including phenoxy) is 1. The molecular formula is C11H10INO2. The van der Waals surface area contributed by atoms with Crippen LogP contribution in [0.3, 0.4) is 0 Å². The number of rotatable bonds is 2. The van der Waals surface area contributed by atoms with Gasteiger partial charge in [-0.05, 0) is 19.1 Å². The van der Waals surface area contributed by atoms with Gasteiger partial charge in [0.25, 0.3) is 0 Å². The third-order valence-electron chi connectivity index (χ3n) is 2.26. The van der Waals surface area contributed by atoms with Gasteiger partial charge in [-0.3, -0.25) is 0 Å². The molecule has 0 saturated heterocycles. The lowest BCUT2D eigenvalue weighted by Gasteiger charge is -2.10. The molecule has 15 heavy (non-hydrogen) atoms. The highest BCUT2D eigenvalue weighted by Crippen LogP contribution is 2.24. The molecule has 0 N–H and O–H groups in total. The summed E-state index contributed by atoms with van der Waals surface area (Å²) in [4.78, 5) is 15.9. The Morgan fingerprint density at radius 3 is 2.60 bits per heavy atom. The van der Waals surface area contributed by atoms with E-state index in [1.165, 1.54) is 0 Å². The topological polar surface area (TPSA) is 38.7 Å². The molecule has 4 heteroatoms. The summed E-state index contributed by atoms with van der Waals surface area (Å²) in [5, 5.41) is 0. The van der Waals surface area contributed by atoms with Gasteiger partial charge in [-0.2, -0.15) is 0 Å². The van der Waals surface area contributed by atoms with Gasteiger partial charge in [0.1, 0.15) is 0 Å². The van der Waals surface area contributed by atoms with Crippen molar-refractivity contribution in [2.75, 3.05) is 4.43 Å². The third kappa shape index (κ3) is 1.90. The third-order valence-corrected chi connectivity index (χ3v) is 3.74. The van der Waals surface area contributed by atoms with Crippen LogP contribution in [-0.4, -0.2) is 21.8 Å². The molecule has 0 fully saturated rings. The normalized spacial score (nSPS) is 24.9. The van der Waals surface area contributed by atoms with E-state index in [-0.39, 0.29) is 5.97 Å². The van der Waals surface area contributed by atoms with E-state index >= 15 is 0 Å². The quantitative estimate of drug-likeness (QED) is 0.477. The summed E-state index contributed by atoms with van der Waals surface area (Å²) < 4.78 is 5.79. The fourth-order valence-corrected chi connectivity index (χ4v) is 1.76. The highest BCUT2D eigenvalue weighted by atomic mass is 127. The average Bonchev–Trinajstić information content (AvgIpc) is 2.58. The van der Waals surface area contributed by atoms with Crippen LogP contribution in [0.2, 0.25) is 0 Å². The summed E-state index contributed by atoms with van der Waals surface area (Å²) in [6.07, 6.45) is 0. The summed E-state index contributed by atoms with van der Waals surface area (Å²) >= 11 is 2.14. The molecule has 1 aromatic carbocycles. The number of carbonyl (C=O) groups excluding carboxylic acids is 1. The molecule has 0 spiro atoms. The van der Waals surface area contributed by atoms with Gasteiger partial charge in [-0.25, -0.2) is 9.79 Å². The minimum absolute atomic E-state index is 0.268. The first-order chi connectivity index (χ1) is 7.15. The first kappa shape index (κ1) is 10.6. The Hall–Kier alpha value is -0.910. The van der Waals surface area contributed by atoms with E-state index in [4.69, 9.17) is 4.74 Å². The summed E-state index contributed by atoms with van der Waals surface area (Å²) in [6, 6.07) is 9.46. The van der Waals surface area contributed by atoms with E-state index in [0.717, 1.165) is 5.56 Å². The molecule has 0 aliphatic carbocycles. The predicted molar refractivity (Wildman–Crippen MR) is 66.4 cm³/mol.